The minimum Gasteiger partial charge on any atom is -0.352 e. The second kappa shape index (κ2) is 4.29. The Bertz CT molecular complexity index is 341. The summed E-state index contributed by atoms with van der Waals surface area (Å²) in [4.78, 5) is 25.9. The number of amides is 2. The molecule has 3 N–H and O–H groups in total. The third kappa shape index (κ3) is 2.16. The molecule has 0 bridgehead atoms. The van der Waals surface area contributed by atoms with E-state index in [2.05, 4.69) is 5.32 Å². The summed E-state index contributed by atoms with van der Waals surface area (Å²) in [6, 6.07) is 0.144. The van der Waals surface area contributed by atoms with Crippen LogP contribution in [0.15, 0.2) is 0 Å². The molecule has 2 aliphatic rings. The van der Waals surface area contributed by atoms with Crippen molar-refractivity contribution in [2.45, 2.75) is 44.7 Å². The van der Waals surface area contributed by atoms with E-state index < -0.39 is 5.54 Å². The van der Waals surface area contributed by atoms with Crippen molar-refractivity contribution in [3.63, 3.8) is 0 Å². The monoisotopic (exact) mass is 239 g/mol. The molecule has 96 valence electrons. The van der Waals surface area contributed by atoms with E-state index in [-0.39, 0.29) is 23.8 Å². The first kappa shape index (κ1) is 12.4. The molecular weight excluding hydrogens is 218 g/mol. The summed E-state index contributed by atoms with van der Waals surface area (Å²) in [5.41, 5.74) is 5.10. The Kier molecular flexibility index (Phi) is 3.12. The van der Waals surface area contributed by atoms with Crippen LogP contribution >= 0.6 is 0 Å². The molecule has 5 heteroatoms. The molecule has 2 amide bonds. The molecule has 17 heavy (non-hydrogen) atoms. The van der Waals surface area contributed by atoms with Gasteiger partial charge in [-0.25, -0.2) is 0 Å². The normalized spacial score (nSPS) is 32.4. The number of carbonyl (C=O) groups is 2. The Morgan fingerprint density at radius 1 is 1.47 bits per heavy atom. The fraction of sp³-hybridized carbons (Fsp3) is 0.833. The van der Waals surface area contributed by atoms with Gasteiger partial charge in [-0.1, -0.05) is 0 Å². The van der Waals surface area contributed by atoms with Crippen molar-refractivity contribution in [2.75, 3.05) is 13.1 Å². The molecule has 0 aromatic rings. The molecule has 0 aromatic heterocycles. The number of nitrogens with two attached hydrogens (primary N) is 1. The summed E-state index contributed by atoms with van der Waals surface area (Å²) >= 11 is 0. The second-order valence-corrected chi connectivity index (χ2v) is 5.57. The molecule has 0 spiro atoms. The van der Waals surface area contributed by atoms with E-state index in [1.165, 1.54) is 0 Å². The number of nitrogens with one attached hydrogen (secondary N) is 1. The van der Waals surface area contributed by atoms with Gasteiger partial charge < -0.3 is 16.0 Å². The van der Waals surface area contributed by atoms with E-state index in [0.717, 1.165) is 19.3 Å². The first-order valence-electron chi connectivity index (χ1n) is 6.28. The predicted octanol–water partition coefficient (Wildman–Crippen LogP) is -0.149. The van der Waals surface area contributed by atoms with Crippen LogP contribution < -0.4 is 11.1 Å². The highest BCUT2D eigenvalue weighted by Gasteiger charge is 2.43. The second-order valence-electron chi connectivity index (χ2n) is 5.57. The first-order valence-corrected chi connectivity index (χ1v) is 6.28. The summed E-state index contributed by atoms with van der Waals surface area (Å²) in [7, 11) is 0. The molecule has 2 rings (SSSR count). The summed E-state index contributed by atoms with van der Waals surface area (Å²) < 4.78 is 0. The van der Waals surface area contributed by atoms with Crippen LogP contribution in [0.3, 0.4) is 0 Å². The van der Waals surface area contributed by atoms with Gasteiger partial charge in [-0.2, -0.15) is 0 Å². The summed E-state index contributed by atoms with van der Waals surface area (Å²) in [5.74, 6) is 0.0346. The smallest absolute Gasteiger partial charge is 0.245 e. The van der Waals surface area contributed by atoms with Gasteiger partial charge in [-0.3, -0.25) is 9.59 Å². The summed E-state index contributed by atoms with van der Waals surface area (Å²) in [5, 5.41) is 2.80. The molecule has 1 heterocycles. The van der Waals surface area contributed by atoms with Gasteiger partial charge in [0.15, 0.2) is 0 Å². The number of nitrogens with zero attached hydrogens (tertiary/aromatic N) is 1. The van der Waals surface area contributed by atoms with E-state index in [0.29, 0.717) is 13.1 Å². The van der Waals surface area contributed by atoms with Crippen molar-refractivity contribution in [1.29, 1.82) is 0 Å². The maximum atomic E-state index is 12.4. The van der Waals surface area contributed by atoms with Crippen molar-refractivity contribution in [2.24, 2.45) is 11.7 Å². The zero-order valence-corrected chi connectivity index (χ0v) is 10.5. The average molecular weight is 239 g/mol. The van der Waals surface area contributed by atoms with Gasteiger partial charge in [0.05, 0.1) is 0 Å². The number of piperazine rings is 1. The van der Waals surface area contributed by atoms with Gasteiger partial charge in [0, 0.05) is 25.0 Å². The standard InChI is InChI=1S/C12H21N3O2/c1-12(2)11(17)14-5-6-15(12)10(16)8-3-4-9(13)7-8/h8-9H,3-7,13H2,1-2H3,(H,14,17)/t8-,9-/m1/s1. The highest BCUT2D eigenvalue weighted by Crippen LogP contribution is 2.29. The van der Waals surface area contributed by atoms with Crippen LogP contribution in [0.4, 0.5) is 0 Å². The van der Waals surface area contributed by atoms with Crippen LogP contribution in [0.25, 0.3) is 0 Å². The minimum absolute atomic E-state index is 0.00942. The highest BCUT2D eigenvalue weighted by molar-refractivity contribution is 5.92. The van der Waals surface area contributed by atoms with E-state index in [1.54, 1.807) is 18.7 Å². The highest BCUT2D eigenvalue weighted by atomic mass is 16.2. The summed E-state index contributed by atoms with van der Waals surface area (Å²) in [6.07, 6.45) is 2.53. The minimum atomic E-state index is -0.734. The van der Waals surface area contributed by atoms with Crippen LogP contribution in [0.1, 0.15) is 33.1 Å². The van der Waals surface area contributed by atoms with E-state index in [4.69, 9.17) is 5.73 Å². The summed E-state index contributed by atoms with van der Waals surface area (Å²) in [6.45, 7) is 4.75. The molecule has 0 radical (unpaired) electrons. The Morgan fingerprint density at radius 3 is 2.76 bits per heavy atom. The topological polar surface area (TPSA) is 75.4 Å². The van der Waals surface area contributed by atoms with E-state index >= 15 is 0 Å². The van der Waals surface area contributed by atoms with Crippen LogP contribution in [-0.2, 0) is 9.59 Å². The maximum absolute atomic E-state index is 12.4. The van der Waals surface area contributed by atoms with Gasteiger partial charge in [0.1, 0.15) is 5.54 Å². The number of carbonyl (C=O) groups excluding carboxylic acids is 2. The Balaban J connectivity index is 2.10. The molecule has 1 aliphatic heterocycles. The molecule has 1 saturated carbocycles. The van der Waals surface area contributed by atoms with E-state index in [9.17, 15) is 9.59 Å². The number of hydrogen-bond donors (Lipinski definition) is 2. The van der Waals surface area contributed by atoms with Crippen LogP contribution in [-0.4, -0.2) is 41.4 Å². The van der Waals surface area contributed by atoms with Gasteiger partial charge in [0.2, 0.25) is 11.8 Å². The third-order valence-corrected chi connectivity index (χ3v) is 3.94. The van der Waals surface area contributed by atoms with Crippen molar-refractivity contribution in [3.8, 4) is 0 Å². The molecule has 0 unspecified atom stereocenters. The number of rotatable bonds is 1. The zero-order chi connectivity index (χ0) is 12.6. The van der Waals surface area contributed by atoms with Crippen molar-refractivity contribution in [1.82, 2.24) is 10.2 Å². The molecule has 2 atom stereocenters. The molecular formula is C12H21N3O2. The molecule has 5 nitrogen and oxygen atoms in total. The van der Waals surface area contributed by atoms with Crippen molar-refractivity contribution < 1.29 is 9.59 Å². The first-order chi connectivity index (χ1) is 7.93. The maximum Gasteiger partial charge on any atom is 0.245 e. The lowest BCUT2D eigenvalue weighted by Crippen LogP contribution is -2.64. The Labute approximate surface area is 102 Å². The lowest BCUT2D eigenvalue weighted by molar-refractivity contribution is -0.151. The fourth-order valence-electron chi connectivity index (χ4n) is 2.75. The van der Waals surface area contributed by atoms with Crippen LogP contribution in [0, 0.1) is 5.92 Å². The largest absolute Gasteiger partial charge is 0.352 e. The van der Waals surface area contributed by atoms with Crippen LogP contribution in [0.5, 0.6) is 0 Å². The average Bonchev–Trinajstić information content (AvgIpc) is 2.68. The number of hydrogen-bond acceptors (Lipinski definition) is 3. The third-order valence-electron chi connectivity index (χ3n) is 3.94. The van der Waals surface area contributed by atoms with Gasteiger partial charge in [0.25, 0.3) is 0 Å². The predicted molar refractivity (Wildman–Crippen MR) is 64.1 cm³/mol. The lowest BCUT2D eigenvalue weighted by atomic mass is 9.95. The molecule has 0 aromatic carbocycles. The molecule has 1 aliphatic carbocycles. The Morgan fingerprint density at radius 2 is 2.18 bits per heavy atom. The van der Waals surface area contributed by atoms with Crippen LogP contribution in [0.2, 0.25) is 0 Å². The fourth-order valence-corrected chi connectivity index (χ4v) is 2.75. The van der Waals surface area contributed by atoms with Crippen molar-refractivity contribution >= 4 is 11.8 Å². The lowest BCUT2D eigenvalue weighted by Gasteiger charge is -2.42. The molecule has 1 saturated heterocycles. The van der Waals surface area contributed by atoms with Gasteiger partial charge in [-0.05, 0) is 33.1 Å². The van der Waals surface area contributed by atoms with Gasteiger partial charge >= 0.3 is 0 Å². The SMILES string of the molecule is CC1(C)C(=O)NCCN1C(=O)[C@@H]1CC[C@@H](N)C1. The quantitative estimate of drug-likeness (QED) is 0.668. The Hall–Kier alpha value is -1.10. The van der Waals surface area contributed by atoms with Gasteiger partial charge in [-0.15, -0.1) is 0 Å². The van der Waals surface area contributed by atoms with E-state index in [1.807, 2.05) is 0 Å². The zero-order valence-electron chi connectivity index (χ0n) is 10.5. The van der Waals surface area contributed by atoms with Crippen molar-refractivity contribution in [3.05, 3.63) is 0 Å². The molecule has 2 fully saturated rings.